The third kappa shape index (κ3) is 3.90. The molecule has 0 aliphatic carbocycles. The summed E-state index contributed by atoms with van der Waals surface area (Å²) in [5, 5.41) is 2.91. The number of hydrogen-bond acceptors (Lipinski definition) is 1. The quantitative estimate of drug-likeness (QED) is 0.856. The zero-order valence-corrected chi connectivity index (χ0v) is 13.3. The first-order chi connectivity index (χ1) is 9.58. The highest BCUT2D eigenvalue weighted by atomic mass is 79.9. The minimum Gasteiger partial charge on any atom is -0.320 e. The van der Waals surface area contributed by atoms with Crippen molar-refractivity contribution >= 4 is 27.5 Å². The van der Waals surface area contributed by atoms with E-state index in [2.05, 4.69) is 28.2 Å². The first-order valence-corrected chi connectivity index (χ1v) is 7.41. The predicted molar refractivity (Wildman–Crippen MR) is 83.5 cm³/mol. The Morgan fingerprint density at radius 3 is 2.55 bits per heavy atom. The van der Waals surface area contributed by atoms with Gasteiger partial charge in [-0.25, -0.2) is 0 Å². The third-order valence-corrected chi connectivity index (χ3v) is 3.75. The first-order valence-electron chi connectivity index (χ1n) is 6.62. The summed E-state index contributed by atoms with van der Waals surface area (Å²) in [6, 6.07) is 9.94. The molecular formula is C16H18BrN2O+. The van der Waals surface area contributed by atoms with E-state index in [0.717, 1.165) is 22.1 Å². The summed E-state index contributed by atoms with van der Waals surface area (Å²) in [5.74, 6) is -0.0381. The van der Waals surface area contributed by atoms with Crippen LogP contribution in [0, 0.1) is 6.92 Å². The molecule has 0 fully saturated rings. The number of carbonyl (C=O) groups excluding carboxylic acids is 1. The van der Waals surface area contributed by atoms with E-state index in [9.17, 15) is 4.79 Å². The Balaban J connectivity index is 2.01. The van der Waals surface area contributed by atoms with Crippen molar-refractivity contribution in [1.29, 1.82) is 0 Å². The smallest absolute Gasteiger partial charge is 0.290 e. The van der Waals surface area contributed by atoms with Crippen molar-refractivity contribution < 1.29 is 9.36 Å². The number of nitrogens with one attached hydrogen (secondary N) is 1. The molecule has 0 spiro atoms. The van der Waals surface area contributed by atoms with Gasteiger partial charge in [-0.3, -0.25) is 4.79 Å². The number of aromatic nitrogens is 1. The highest BCUT2D eigenvalue weighted by molar-refractivity contribution is 9.10. The molecule has 0 saturated heterocycles. The summed E-state index contributed by atoms with van der Waals surface area (Å²) in [6.07, 6.45) is 4.87. The van der Waals surface area contributed by atoms with Crippen LogP contribution >= 0.6 is 15.9 Å². The van der Waals surface area contributed by atoms with Crippen molar-refractivity contribution in [3.8, 4) is 0 Å². The van der Waals surface area contributed by atoms with Crippen LogP contribution in [0.25, 0.3) is 0 Å². The largest absolute Gasteiger partial charge is 0.320 e. The molecular weight excluding hydrogens is 316 g/mol. The summed E-state index contributed by atoms with van der Waals surface area (Å²) in [4.78, 5) is 12.0. The maximum Gasteiger partial charge on any atom is 0.290 e. The Kier molecular flexibility index (Phi) is 4.90. The lowest BCUT2D eigenvalue weighted by atomic mass is 10.2. The zero-order chi connectivity index (χ0) is 14.5. The molecule has 0 bridgehead atoms. The van der Waals surface area contributed by atoms with Gasteiger partial charge in [0, 0.05) is 16.6 Å². The van der Waals surface area contributed by atoms with Crippen LogP contribution in [0.1, 0.15) is 18.1 Å². The maximum absolute atomic E-state index is 12.0. The molecule has 2 rings (SSSR count). The fourth-order valence-corrected chi connectivity index (χ4v) is 2.50. The summed E-state index contributed by atoms with van der Waals surface area (Å²) in [5.41, 5.74) is 3.22. The molecule has 2 aromatic rings. The first kappa shape index (κ1) is 14.7. The van der Waals surface area contributed by atoms with Gasteiger partial charge in [-0.2, -0.15) is 4.57 Å². The van der Waals surface area contributed by atoms with Crippen LogP contribution in [-0.4, -0.2) is 5.91 Å². The van der Waals surface area contributed by atoms with Gasteiger partial charge < -0.3 is 5.32 Å². The van der Waals surface area contributed by atoms with Gasteiger partial charge in [-0.1, -0.05) is 13.0 Å². The van der Waals surface area contributed by atoms with E-state index in [1.807, 2.05) is 54.2 Å². The molecule has 1 amide bonds. The van der Waals surface area contributed by atoms with Gasteiger partial charge >= 0.3 is 0 Å². The van der Waals surface area contributed by atoms with Crippen molar-refractivity contribution in [2.75, 3.05) is 5.32 Å². The van der Waals surface area contributed by atoms with Crippen molar-refractivity contribution in [2.24, 2.45) is 0 Å². The summed E-state index contributed by atoms with van der Waals surface area (Å²) < 4.78 is 2.77. The molecule has 1 heterocycles. The van der Waals surface area contributed by atoms with E-state index in [1.165, 1.54) is 5.56 Å². The Morgan fingerprint density at radius 2 is 1.95 bits per heavy atom. The fourth-order valence-electron chi connectivity index (χ4n) is 1.91. The third-order valence-electron chi connectivity index (χ3n) is 3.09. The molecule has 0 radical (unpaired) electrons. The lowest BCUT2D eigenvalue weighted by Gasteiger charge is -2.06. The molecule has 0 aliphatic rings. The second-order valence-corrected chi connectivity index (χ2v) is 5.62. The van der Waals surface area contributed by atoms with Crippen molar-refractivity contribution in [3.05, 3.63) is 58.3 Å². The van der Waals surface area contributed by atoms with Crippen LogP contribution in [-0.2, 0) is 17.8 Å². The average molecular weight is 334 g/mol. The minimum absolute atomic E-state index is 0.0381. The Bertz CT molecular complexity index is 608. The number of pyridine rings is 1. The Labute approximate surface area is 127 Å². The van der Waals surface area contributed by atoms with Crippen molar-refractivity contribution in [3.63, 3.8) is 0 Å². The van der Waals surface area contributed by atoms with Crippen molar-refractivity contribution in [2.45, 2.75) is 26.8 Å². The molecule has 4 heteroatoms. The number of rotatable bonds is 4. The molecule has 1 aromatic heterocycles. The topological polar surface area (TPSA) is 33.0 Å². The standard InChI is InChI=1S/C16H17BrN2O/c1-3-13-6-8-19(9-7-13)11-16(20)18-15-5-4-12(2)10-14(15)17/h4-10H,3,11H2,1-2H3/p+1. The van der Waals surface area contributed by atoms with E-state index in [-0.39, 0.29) is 5.91 Å². The SMILES string of the molecule is CCc1cc[n+](CC(=O)Nc2ccc(C)cc2Br)cc1. The fraction of sp³-hybridized carbons (Fsp3) is 0.250. The van der Waals surface area contributed by atoms with Crippen molar-refractivity contribution in [1.82, 2.24) is 0 Å². The summed E-state index contributed by atoms with van der Waals surface area (Å²) in [6.45, 7) is 4.44. The van der Waals surface area contributed by atoms with Gasteiger partial charge in [-0.15, -0.1) is 0 Å². The molecule has 1 aromatic carbocycles. The second kappa shape index (κ2) is 6.66. The molecule has 0 atom stereocenters. The number of benzene rings is 1. The number of anilines is 1. The van der Waals surface area contributed by atoms with Gasteiger partial charge in [0.2, 0.25) is 6.54 Å². The number of halogens is 1. The minimum atomic E-state index is -0.0381. The van der Waals surface area contributed by atoms with Gasteiger partial charge in [0.15, 0.2) is 12.4 Å². The van der Waals surface area contributed by atoms with Crippen LogP contribution < -0.4 is 9.88 Å². The van der Waals surface area contributed by atoms with Crippen LogP contribution in [0.2, 0.25) is 0 Å². The maximum atomic E-state index is 12.0. The number of carbonyl (C=O) groups is 1. The van der Waals surface area contributed by atoms with Gasteiger partial charge in [0.25, 0.3) is 5.91 Å². The van der Waals surface area contributed by atoms with Crippen LogP contribution in [0.15, 0.2) is 47.2 Å². The van der Waals surface area contributed by atoms with E-state index in [0.29, 0.717) is 6.54 Å². The molecule has 0 unspecified atom stereocenters. The van der Waals surface area contributed by atoms with Crippen LogP contribution in [0.4, 0.5) is 5.69 Å². The van der Waals surface area contributed by atoms with Crippen LogP contribution in [0.5, 0.6) is 0 Å². The molecule has 20 heavy (non-hydrogen) atoms. The zero-order valence-electron chi connectivity index (χ0n) is 11.7. The Morgan fingerprint density at radius 1 is 1.25 bits per heavy atom. The predicted octanol–water partition coefficient (Wildman–Crippen LogP) is 3.25. The Hall–Kier alpha value is -1.68. The van der Waals surface area contributed by atoms with Crippen LogP contribution in [0.3, 0.4) is 0 Å². The number of nitrogens with zero attached hydrogens (tertiary/aromatic N) is 1. The van der Waals surface area contributed by atoms with Gasteiger partial charge in [0.1, 0.15) is 0 Å². The lowest BCUT2D eigenvalue weighted by Crippen LogP contribution is -2.39. The molecule has 3 nitrogen and oxygen atoms in total. The van der Waals surface area contributed by atoms with E-state index in [4.69, 9.17) is 0 Å². The van der Waals surface area contributed by atoms with E-state index in [1.54, 1.807) is 0 Å². The van der Waals surface area contributed by atoms with E-state index >= 15 is 0 Å². The number of amides is 1. The molecule has 0 saturated carbocycles. The van der Waals surface area contributed by atoms with Gasteiger partial charge in [0.05, 0.1) is 5.69 Å². The second-order valence-electron chi connectivity index (χ2n) is 4.76. The lowest BCUT2D eigenvalue weighted by molar-refractivity contribution is -0.684. The number of aryl methyl sites for hydroxylation is 2. The number of hydrogen-bond donors (Lipinski definition) is 1. The normalized spacial score (nSPS) is 10.3. The molecule has 0 aliphatic heterocycles. The van der Waals surface area contributed by atoms with E-state index < -0.39 is 0 Å². The summed E-state index contributed by atoms with van der Waals surface area (Å²) in [7, 11) is 0. The highest BCUT2D eigenvalue weighted by Gasteiger charge is 2.11. The van der Waals surface area contributed by atoms with Gasteiger partial charge in [-0.05, 0) is 52.5 Å². The average Bonchev–Trinajstić information content (AvgIpc) is 2.43. The highest BCUT2D eigenvalue weighted by Crippen LogP contribution is 2.23. The monoisotopic (exact) mass is 333 g/mol. The molecule has 1 N–H and O–H groups in total. The summed E-state index contributed by atoms with van der Waals surface area (Å²) >= 11 is 3.46. The molecule has 104 valence electrons.